The molecule has 0 saturated carbocycles. The van der Waals surface area contributed by atoms with Gasteiger partial charge in [0.15, 0.2) is 5.82 Å². The van der Waals surface area contributed by atoms with E-state index in [1.807, 2.05) is 43.7 Å². The molecule has 0 spiro atoms. The molecule has 1 fully saturated rings. The van der Waals surface area contributed by atoms with E-state index in [0.29, 0.717) is 18.9 Å². The van der Waals surface area contributed by atoms with Crippen LogP contribution < -0.4 is 10.2 Å². The van der Waals surface area contributed by atoms with Crippen molar-refractivity contribution in [3.8, 4) is 0 Å². The highest BCUT2D eigenvalue weighted by atomic mass is 35.5. The van der Waals surface area contributed by atoms with E-state index < -0.39 is 0 Å². The molecule has 27 heavy (non-hydrogen) atoms. The number of carbonyl (C=O) groups excluding carboxylic acids is 1. The van der Waals surface area contributed by atoms with Crippen molar-refractivity contribution in [1.29, 1.82) is 0 Å². The summed E-state index contributed by atoms with van der Waals surface area (Å²) in [5.41, 5.74) is 3.04. The number of halogens is 1. The van der Waals surface area contributed by atoms with Crippen molar-refractivity contribution in [2.75, 3.05) is 18.0 Å². The van der Waals surface area contributed by atoms with Gasteiger partial charge in [0.2, 0.25) is 5.91 Å². The number of amides is 1. The average Bonchev–Trinajstić information content (AvgIpc) is 3.34. The standard InChI is InChI=1S/C20H22ClN5O/c1-13(16-6-10-26(20(16)27)19-7-9-25(2)24-19)22-8-5-14-12-23-18-4-3-15(21)11-17(14)18/h3-4,7,9,11-12,16,22-23H,1,5-6,8,10H2,2H3. The van der Waals surface area contributed by atoms with Crippen molar-refractivity contribution in [3.63, 3.8) is 0 Å². The van der Waals surface area contributed by atoms with E-state index in [9.17, 15) is 4.79 Å². The molecule has 1 aliphatic heterocycles. The zero-order chi connectivity index (χ0) is 19.0. The number of carbonyl (C=O) groups is 1. The van der Waals surface area contributed by atoms with Crippen LogP contribution in [0.4, 0.5) is 5.82 Å². The van der Waals surface area contributed by atoms with Crippen LogP contribution in [0.5, 0.6) is 0 Å². The minimum absolute atomic E-state index is 0.0603. The molecule has 7 heteroatoms. The molecule has 6 nitrogen and oxygen atoms in total. The van der Waals surface area contributed by atoms with E-state index in [0.717, 1.165) is 34.5 Å². The van der Waals surface area contributed by atoms with Crippen LogP contribution in [-0.4, -0.2) is 33.8 Å². The summed E-state index contributed by atoms with van der Waals surface area (Å²) in [6.45, 7) is 5.49. The molecule has 2 aromatic heterocycles. The molecule has 1 aliphatic rings. The van der Waals surface area contributed by atoms with Gasteiger partial charge in [-0.2, -0.15) is 5.10 Å². The maximum Gasteiger partial charge on any atom is 0.237 e. The number of hydrogen-bond donors (Lipinski definition) is 2. The summed E-state index contributed by atoms with van der Waals surface area (Å²) in [6.07, 6.45) is 5.43. The maximum absolute atomic E-state index is 12.7. The second-order valence-electron chi connectivity index (χ2n) is 6.88. The second kappa shape index (κ2) is 7.12. The molecular weight excluding hydrogens is 362 g/mol. The molecular formula is C20H22ClN5O. The summed E-state index contributed by atoms with van der Waals surface area (Å²) in [5, 5.41) is 9.52. The van der Waals surface area contributed by atoms with Crippen LogP contribution in [0.2, 0.25) is 5.02 Å². The van der Waals surface area contributed by atoms with Crippen LogP contribution in [0.3, 0.4) is 0 Å². The zero-order valence-electron chi connectivity index (χ0n) is 15.2. The quantitative estimate of drug-likeness (QED) is 0.686. The van der Waals surface area contributed by atoms with Crippen LogP contribution >= 0.6 is 11.6 Å². The molecule has 1 amide bonds. The zero-order valence-corrected chi connectivity index (χ0v) is 16.0. The number of nitrogens with zero attached hydrogens (tertiary/aromatic N) is 3. The lowest BCUT2D eigenvalue weighted by molar-refractivity contribution is -0.119. The normalized spacial score (nSPS) is 17.0. The fraction of sp³-hybridized carbons (Fsp3) is 0.300. The number of aromatic amines is 1. The van der Waals surface area contributed by atoms with Crippen molar-refractivity contribution < 1.29 is 4.79 Å². The monoisotopic (exact) mass is 383 g/mol. The van der Waals surface area contributed by atoms with Gasteiger partial charge in [-0.3, -0.25) is 14.4 Å². The summed E-state index contributed by atoms with van der Waals surface area (Å²) in [7, 11) is 1.85. The van der Waals surface area contributed by atoms with Crippen LogP contribution in [0.25, 0.3) is 10.9 Å². The second-order valence-corrected chi connectivity index (χ2v) is 7.32. The number of rotatable bonds is 6. The highest BCUT2D eigenvalue weighted by Gasteiger charge is 2.35. The summed E-state index contributed by atoms with van der Waals surface area (Å²) in [6, 6.07) is 7.70. The topological polar surface area (TPSA) is 66.0 Å². The molecule has 4 rings (SSSR count). The Labute approximate surface area is 162 Å². The van der Waals surface area contributed by atoms with Crippen molar-refractivity contribution >= 4 is 34.2 Å². The van der Waals surface area contributed by atoms with Gasteiger partial charge in [-0.1, -0.05) is 18.2 Å². The first-order valence-electron chi connectivity index (χ1n) is 9.02. The molecule has 0 aliphatic carbocycles. The van der Waals surface area contributed by atoms with Gasteiger partial charge in [0, 0.05) is 60.2 Å². The average molecular weight is 384 g/mol. The summed E-state index contributed by atoms with van der Waals surface area (Å²) >= 11 is 6.11. The van der Waals surface area contributed by atoms with Crippen LogP contribution in [-0.2, 0) is 18.3 Å². The van der Waals surface area contributed by atoms with Gasteiger partial charge >= 0.3 is 0 Å². The molecule has 1 aromatic carbocycles. The first-order chi connectivity index (χ1) is 13.0. The Bertz CT molecular complexity index is 1000. The fourth-order valence-electron chi connectivity index (χ4n) is 3.62. The number of aryl methyl sites for hydroxylation is 1. The third-order valence-corrected chi connectivity index (χ3v) is 5.31. The Morgan fingerprint density at radius 2 is 2.30 bits per heavy atom. The third-order valence-electron chi connectivity index (χ3n) is 5.08. The lowest BCUT2D eigenvalue weighted by atomic mass is 10.0. The highest BCUT2D eigenvalue weighted by Crippen LogP contribution is 2.27. The number of fused-ring (bicyclic) bond motifs is 1. The van der Waals surface area contributed by atoms with Gasteiger partial charge in [0.05, 0.1) is 5.92 Å². The van der Waals surface area contributed by atoms with Crippen molar-refractivity contribution in [3.05, 3.63) is 59.5 Å². The van der Waals surface area contributed by atoms with Crippen molar-refractivity contribution in [2.24, 2.45) is 13.0 Å². The van der Waals surface area contributed by atoms with Gasteiger partial charge in [0.1, 0.15) is 0 Å². The first-order valence-corrected chi connectivity index (χ1v) is 9.40. The molecule has 140 valence electrons. The van der Waals surface area contributed by atoms with Gasteiger partial charge < -0.3 is 10.3 Å². The Morgan fingerprint density at radius 1 is 1.44 bits per heavy atom. The predicted molar refractivity (Wildman–Crippen MR) is 108 cm³/mol. The number of anilines is 1. The van der Waals surface area contributed by atoms with Gasteiger partial charge in [-0.25, -0.2) is 0 Å². The lowest BCUT2D eigenvalue weighted by Crippen LogP contribution is -2.31. The van der Waals surface area contributed by atoms with Crippen LogP contribution in [0.1, 0.15) is 12.0 Å². The number of hydrogen-bond acceptors (Lipinski definition) is 3. The Morgan fingerprint density at radius 3 is 3.07 bits per heavy atom. The molecule has 1 atom stereocenters. The first kappa shape index (κ1) is 17.7. The Balaban J connectivity index is 1.35. The number of nitrogens with one attached hydrogen (secondary N) is 2. The number of aromatic nitrogens is 3. The molecule has 1 saturated heterocycles. The van der Waals surface area contributed by atoms with Gasteiger partial charge in [-0.15, -0.1) is 0 Å². The smallest absolute Gasteiger partial charge is 0.237 e. The number of benzene rings is 1. The molecule has 2 N–H and O–H groups in total. The highest BCUT2D eigenvalue weighted by molar-refractivity contribution is 6.31. The van der Waals surface area contributed by atoms with Crippen LogP contribution in [0, 0.1) is 5.92 Å². The Hall–Kier alpha value is -2.73. The summed E-state index contributed by atoms with van der Waals surface area (Å²) in [5.74, 6) is 0.558. The molecule has 0 bridgehead atoms. The van der Waals surface area contributed by atoms with E-state index in [-0.39, 0.29) is 11.8 Å². The van der Waals surface area contributed by atoms with E-state index in [1.54, 1.807) is 9.58 Å². The van der Waals surface area contributed by atoms with Crippen molar-refractivity contribution in [2.45, 2.75) is 12.8 Å². The minimum Gasteiger partial charge on any atom is -0.388 e. The van der Waals surface area contributed by atoms with Crippen molar-refractivity contribution in [1.82, 2.24) is 20.1 Å². The minimum atomic E-state index is -0.204. The lowest BCUT2D eigenvalue weighted by Gasteiger charge is -2.16. The molecule has 3 heterocycles. The fourth-order valence-corrected chi connectivity index (χ4v) is 3.79. The summed E-state index contributed by atoms with van der Waals surface area (Å²) < 4.78 is 1.70. The Kier molecular flexibility index (Phi) is 4.66. The largest absolute Gasteiger partial charge is 0.388 e. The van der Waals surface area contributed by atoms with Crippen LogP contribution in [0.15, 0.2) is 48.9 Å². The van der Waals surface area contributed by atoms with Gasteiger partial charge in [0.25, 0.3) is 0 Å². The maximum atomic E-state index is 12.7. The molecule has 0 radical (unpaired) electrons. The predicted octanol–water partition coefficient (Wildman–Crippen LogP) is 3.25. The van der Waals surface area contributed by atoms with E-state index >= 15 is 0 Å². The van der Waals surface area contributed by atoms with E-state index in [2.05, 4.69) is 22.0 Å². The van der Waals surface area contributed by atoms with Gasteiger partial charge in [-0.05, 0) is 36.6 Å². The van der Waals surface area contributed by atoms with E-state index in [4.69, 9.17) is 11.6 Å². The summed E-state index contributed by atoms with van der Waals surface area (Å²) in [4.78, 5) is 17.7. The third kappa shape index (κ3) is 3.45. The molecule has 1 unspecified atom stereocenters. The SMILES string of the molecule is C=C(NCCc1c[nH]c2ccc(Cl)cc12)C1CCN(c2ccn(C)n2)C1=O. The number of H-pyrrole nitrogens is 1. The van der Waals surface area contributed by atoms with E-state index in [1.165, 1.54) is 5.56 Å². The molecule has 3 aromatic rings.